The highest BCUT2D eigenvalue weighted by molar-refractivity contribution is 5.69. The van der Waals surface area contributed by atoms with E-state index in [1.54, 1.807) is 7.11 Å². The lowest BCUT2D eigenvalue weighted by Crippen LogP contribution is -2.27. The second-order valence-corrected chi connectivity index (χ2v) is 3.45. The van der Waals surface area contributed by atoms with Gasteiger partial charge in [-0.2, -0.15) is 0 Å². The molecule has 0 amide bonds. The summed E-state index contributed by atoms with van der Waals surface area (Å²) in [6.07, 6.45) is 0. The van der Waals surface area contributed by atoms with Crippen LogP contribution >= 0.6 is 0 Å². The van der Waals surface area contributed by atoms with Gasteiger partial charge in [-0.3, -0.25) is 0 Å². The molecule has 0 spiro atoms. The summed E-state index contributed by atoms with van der Waals surface area (Å²) in [6.45, 7) is 1.86. The zero-order valence-electron chi connectivity index (χ0n) is 9.58. The van der Waals surface area contributed by atoms with Gasteiger partial charge in [0.05, 0.1) is 18.5 Å². The number of nitrogens with two attached hydrogens (primary N) is 1. The first kappa shape index (κ1) is 11.7. The molecule has 4 nitrogen and oxygen atoms in total. The highest BCUT2D eigenvalue weighted by atomic mass is 16.5. The van der Waals surface area contributed by atoms with E-state index in [9.17, 15) is 0 Å². The van der Waals surface area contributed by atoms with Crippen molar-refractivity contribution in [3.05, 3.63) is 18.2 Å². The maximum atomic E-state index is 5.93. The van der Waals surface area contributed by atoms with Crippen LogP contribution in [0.3, 0.4) is 0 Å². The molecular formula is C11H19N3O. The van der Waals surface area contributed by atoms with Gasteiger partial charge in [-0.05, 0) is 19.2 Å². The summed E-state index contributed by atoms with van der Waals surface area (Å²) in [5, 5.41) is 3.10. The lowest BCUT2D eigenvalue weighted by Gasteiger charge is -2.21. The van der Waals surface area contributed by atoms with Gasteiger partial charge < -0.3 is 20.7 Å². The summed E-state index contributed by atoms with van der Waals surface area (Å²) in [5.74, 6) is 0.790. The van der Waals surface area contributed by atoms with Gasteiger partial charge in [0, 0.05) is 26.2 Å². The van der Waals surface area contributed by atoms with Gasteiger partial charge in [0.25, 0.3) is 0 Å². The minimum Gasteiger partial charge on any atom is -0.497 e. The van der Waals surface area contributed by atoms with Crippen LogP contribution in [0.1, 0.15) is 0 Å². The molecule has 0 aliphatic heterocycles. The minimum absolute atomic E-state index is 0.743. The Kier molecular flexibility index (Phi) is 4.24. The number of hydrogen-bond donors (Lipinski definition) is 2. The standard InChI is InChI=1S/C11H19N3O/c1-13-6-7-14(2)11-5-4-9(15-3)8-10(11)12/h4-5,8,13H,6-7,12H2,1-3H3. The van der Waals surface area contributed by atoms with Crippen molar-refractivity contribution < 1.29 is 4.74 Å². The Balaban J connectivity index is 2.76. The molecule has 3 N–H and O–H groups in total. The molecule has 1 aromatic rings. The fraction of sp³-hybridized carbons (Fsp3) is 0.455. The van der Waals surface area contributed by atoms with E-state index in [2.05, 4.69) is 10.2 Å². The molecule has 1 rings (SSSR count). The largest absolute Gasteiger partial charge is 0.497 e. The molecule has 0 saturated heterocycles. The number of rotatable bonds is 5. The number of hydrogen-bond acceptors (Lipinski definition) is 4. The highest BCUT2D eigenvalue weighted by Crippen LogP contribution is 2.26. The molecular weight excluding hydrogens is 190 g/mol. The number of likely N-dealkylation sites (N-methyl/N-ethyl adjacent to an activating group) is 2. The van der Waals surface area contributed by atoms with Crippen LogP contribution in [0.25, 0.3) is 0 Å². The van der Waals surface area contributed by atoms with Gasteiger partial charge >= 0.3 is 0 Å². The minimum atomic E-state index is 0.743. The van der Waals surface area contributed by atoms with E-state index in [4.69, 9.17) is 10.5 Å². The Labute approximate surface area is 91.0 Å². The van der Waals surface area contributed by atoms with Gasteiger partial charge in [-0.25, -0.2) is 0 Å². The van der Waals surface area contributed by atoms with E-state index in [1.165, 1.54) is 0 Å². The summed E-state index contributed by atoms with van der Waals surface area (Å²) >= 11 is 0. The average Bonchev–Trinajstić information content (AvgIpc) is 2.25. The third kappa shape index (κ3) is 3.02. The second-order valence-electron chi connectivity index (χ2n) is 3.45. The molecule has 0 atom stereocenters. The third-order valence-corrected chi connectivity index (χ3v) is 2.34. The number of nitrogens with one attached hydrogen (secondary N) is 1. The zero-order valence-corrected chi connectivity index (χ0v) is 9.58. The summed E-state index contributed by atoms with van der Waals surface area (Å²) in [7, 11) is 5.60. The molecule has 84 valence electrons. The Hall–Kier alpha value is -1.42. The first-order valence-corrected chi connectivity index (χ1v) is 4.98. The van der Waals surface area contributed by atoms with E-state index in [-0.39, 0.29) is 0 Å². The fourth-order valence-electron chi connectivity index (χ4n) is 1.41. The van der Waals surface area contributed by atoms with E-state index in [1.807, 2.05) is 32.3 Å². The van der Waals surface area contributed by atoms with E-state index in [0.29, 0.717) is 0 Å². The van der Waals surface area contributed by atoms with E-state index >= 15 is 0 Å². The molecule has 0 radical (unpaired) electrons. The smallest absolute Gasteiger partial charge is 0.121 e. The van der Waals surface area contributed by atoms with Gasteiger partial charge in [0.15, 0.2) is 0 Å². The summed E-state index contributed by atoms with van der Waals surface area (Å²) in [5.41, 5.74) is 7.70. The molecule has 0 bridgehead atoms. The zero-order chi connectivity index (χ0) is 11.3. The summed E-state index contributed by atoms with van der Waals surface area (Å²) in [4.78, 5) is 2.12. The lowest BCUT2D eigenvalue weighted by atomic mass is 10.2. The Morgan fingerprint density at radius 3 is 2.73 bits per heavy atom. The van der Waals surface area contributed by atoms with Crippen molar-refractivity contribution >= 4 is 11.4 Å². The van der Waals surface area contributed by atoms with Crippen LogP contribution in [0.4, 0.5) is 11.4 Å². The van der Waals surface area contributed by atoms with Crippen LogP contribution in [0.2, 0.25) is 0 Å². The van der Waals surface area contributed by atoms with Crippen LogP contribution in [-0.2, 0) is 0 Å². The normalized spacial score (nSPS) is 10.1. The predicted molar refractivity (Wildman–Crippen MR) is 64.6 cm³/mol. The third-order valence-electron chi connectivity index (χ3n) is 2.34. The SMILES string of the molecule is CNCCN(C)c1ccc(OC)cc1N. The van der Waals surface area contributed by atoms with Crippen LogP contribution in [0, 0.1) is 0 Å². The number of methoxy groups -OCH3 is 1. The molecule has 0 fully saturated rings. The summed E-state index contributed by atoms with van der Waals surface area (Å²) < 4.78 is 5.10. The van der Waals surface area contributed by atoms with Gasteiger partial charge in [-0.15, -0.1) is 0 Å². The average molecular weight is 209 g/mol. The van der Waals surface area contributed by atoms with Gasteiger partial charge in [0.1, 0.15) is 5.75 Å². The quantitative estimate of drug-likeness (QED) is 0.708. The van der Waals surface area contributed by atoms with Crippen LogP contribution in [0.15, 0.2) is 18.2 Å². The van der Waals surface area contributed by atoms with Crippen molar-refractivity contribution in [3.63, 3.8) is 0 Å². The molecule has 0 heterocycles. The van der Waals surface area contributed by atoms with Crippen molar-refractivity contribution in [2.45, 2.75) is 0 Å². The number of anilines is 2. The van der Waals surface area contributed by atoms with E-state index in [0.717, 1.165) is 30.2 Å². The number of benzene rings is 1. The Morgan fingerprint density at radius 2 is 2.20 bits per heavy atom. The maximum Gasteiger partial charge on any atom is 0.121 e. The number of nitrogen functional groups attached to an aromatic ring is 1. The van der Waals surface area contributed by atoms with Crippen LogP contribution in [0.5, 0.6) is 5.75 Å². The molecule has 0 saturated carbocycles. The molecule has 0 aliphatic rings. The monoisotopic (exact) mass is 209 g/mol. The van der Waals surface area contributed by atoms with Crippen LogP contribution in [-0.4, -0.2) is 34.3 Å². The first-order valence-electron chi connectivity index (χ1n) is 4.98. The summed E-state index contributed by atoms with van der Waals surface area (Å²) in [6, 6.07) is 5.73. The molecule has 1 aromatic carbocycles. The van der Waals surface area contributed by atoms with Gasteiger partial charge in [-0.1, -0.05) is 0 Å². The predicted octanol–water partition coefficient (Wildman–Crippen LogP) is 0.933. The first-order chi connectivity index (χ1) is 7.19. The van der Waals surface area contributed by atoms with Gasteiger partial charge in [0.2, 0.25) is 0 Å². The van der Waals surface area contributed by atoms with Crippen LogP contribution < -0.4 is 20.7 Å². The fourth-order valence-corrected chi connectivity index (χ4v) is 1.41. The molecule has 15 heavy (non-hydrogen) atoms. The molecule has 0 aliphatic carbocycles. The van der Waals surface area contributed by atoms with E-state index < -0.39 is 0 Å². The highest BCUT2D eigenvalue weighted by Gasteiger charge is 2.05. The second kappa shape index (κ2) is 5.46. The topological polar surface area (TPSA) is 50.5 Å². The van der Waals surface area contributed by atoms with Crippen molar-refractivity contribution in [1.29, 1.82) is 0 Å². The Bertz CT molecular complexity index is 315. The Morgan fingerprint density at radius 1 is 1.47 bits per heavy atom. The van der Waals surface area contributed by atoms with Crippen molar-refractivity contribution in [3.8, 4) is 5.75 Å². The number of nitrogens with zero attached hydrogens (tertiary/aromatic N) is 1. The van der Waals surface area contributed by atoms with Crippen molar-refractivity contribution in [1.82, 2.24) is 5.32 Å². The molecule has 0 aromatic heterocycles. The lowest BCUT2D eigenvalue weighted by molar-refractivity contribution is 0.415. The van der Waals surface area contributed by atoms with Crippen molar-refractivity contribution in [2.24, 2.45) is 0 Å². The molecule has 4 heteroatoms. The molecule has 0 unspecified atom stereocenters. The maximum absolute atomic E-state index is 5.93. The van der Waals surface area contributed by atoms with Crippen molar-refractivity contribution in [2.75, 3.05) is 44.9 Å². The number of ether oxygens (including phenoxy) is 1.